The molecule has 0 bridgehead atoms. The first-order valence-electron chi connectivity index (χ1n) is 6.40. The lowest BCUT2D eigenvalue weighted by atomic mass is 10.1. The number of anilines is 1. The first-order chi connectivity index (χ1) is 9.15. The molecule has 3 rings (SSSR count). The smallest absolute Gasteiger partial charge is 0.138 e. The number of rotatable bonds is 3. The Morgan fingerprint density at radius 1 is 1.32 bits per heavy atom. The Bertz CT molecular complexity index is 711. The van der Waals surface area contributed by atoms with Crippen LogP contribution in [0.3, 0.4) is 0 Å². The molecule has 0 spiro atoms. The van der Waals surface area contributed by atoms with E-state index >= 15 is 0 Å². The number of pyridine rings is 1. The first kappa shape index (κ1) is 11.8. The van der Waals surface area contributed by atoms with Gasteiger partial charge in [-0.15, -0.1) is 0 Å². The van der Waals surface area contributed by atoms with Crippen LogP contribution in [-0.4, -0.2) is 9.38 Å². The van der Waals surface area contributed by atoms with E-state index in [0.29, 0.717) is 0 Å². The fourth-order valence-electron chi connectivity index (χ4n) is 2.45. The maximum Gasteiger partial charge on any atom is 0.138 e. The second-order valence-corrected chi connectivity index (χ2v) is 4.80. The van der Waals surface area contributed by atoms with Crippen molar-refractivity contribution in [3.8, 4) is 0 Å². The second kappa shape index (κ2) is 4.46. The summed E-state index contributed by atoms with van der Waals surface area (Å²) in [7, 11) is 0. The fraction of sp³-hybridized carbons (Fsp3) is 0.267. The predicted molar refractivity (Wildman–Crippen MR) is 75.4 cm³/mol. The zero-order valence-electron chi connectivity index (χ0n) is 11.3. The van der Waals surface area contributed by atoms with E-state index in [0.717, 1.165) is 23.0 Å². The zero-order chi connectivity index (χ0) is 13.4. The number of nitrogens with one attached hydrogen (secondary N) is 1. The minimum absolute atomic E-state index is 0.186. The lowest BCUT2D eigenvalue weighted by molar-refractivity contribution is 0.499. The lowest BCUT2D eigenvalue weighted by Gasteiger charge is -2.15. The molecule has 0 saturated heterocycles. The normalized spacial score (nSPS) is 12.8. The maximum absolute atomic E-state index is 5.59. The van der Waals surface area contributed by atoms with Gasteiger partial charge < -0.3 is 9.73 Å². The summed E-state index contributed by atoms with van der Waals surface area (Å²) in [6.45, 7) is 6.10. The van der Waals surface area contributed by atoms with Crippen molar-refractivity contribution in [1.82, 2.24) is 9.38 Å². The Balaban J connectivity index is 1.92. The molecule has 0 aliphatic rings. The molecular formula is C15H17N3O. The molecule has 1 unspecified atom stereocenters. The predicted octanol–water partition coefficient (Wildman–Crippen LogP) is 3.72. The summed E-state index contributed by atoms with van der Waals surface area (Å²) in [4.78, 5) is 4.29. The molecule has 3 heterocycles. The van der Waals surface area contributed by atoms with Gasteiger partial charge in [-0.25, -0.2) is 4.98 Å². The molecule has 98 valence electrons. The number of nitrogens with zero attached hydrogens (tertiary/aromatic N) is 2. The van der Waals surface area contributed by atoms with Gasteiger partial charge in [-0.3, -0.25) is 4.40 Å². The van der Waals surface area contributed by atoms with Crippen LogP contribution in [0.5, 0.6) is 0 Å². The topological polar surface area (TPSA) is 42.5 Å². The van der Waals surface area contributed by atoms with E-state index in [1.807, 2.05) is 42.6 Å². The van der Waals surface area contributed by atoms with Gasteiger partial charge in [0.15, 0.2) is 0 Å². The molecule has 0 radical (unpaired) electrons. The monoisotopic (exact) mass is 255 g/mol. The Morgan fingerprint density at radius 3 is 2.89 bits per heavy atom. The van der Waals surface area contributed by atoms with Crippen molar-refractivity contribution in [3.05, 3.63) is 53.7 Å². The van der Waals surface area contributed by atoms with Crippen LogP contribution in [0.25, 0.3) is 5.65 Å². The van der Waals surface area contributed by atoms with Crippen LogP contribution in [0.4, 0.5) is 5.82 Å². The Labute approximate surface area is 112 Å². The summed E-state index contributed by atoms with van der Waals surface area (Å²) < 4.78 is 7.63. The molecule has 0 amide bonds. The van der Waals surface area contributed by atoms with Crippen LogP contribution >= 0.6 is 0 Å². The number of fused-ring (bicyclic) bond motifs is 1. The molecule has 4 heteroatoms. The molecule has 0 saturated carbocycles. The number of aromatic nitrogens is 2. The number of furan rings is 1. The van der Waals surface area contributed by atoms with Crippen LogP contribution in [0.15, 0.2) is 41.1 Å². The van der Waals surface area contributed by atoms with E-state index in [1.54, 1.807) is 6.20 Å². The highest BCUT2D eigenvalue weighted by molar-refractivity contribution is 5.51. The van der Waals surface area contributed by atoms with Gasteiger partial charge in [0.25, 0.3) is 0 Å². The minimum atomic E-state index is 0.186. The number of hydrogen-bond acceptors (Lipinski definition) is 3. The minimum Gasteiger partial charge on any atom is -0.466 e. The Kier molecular flexibility index (Phi) is 2.78. The van der Waals surface area contributed by atoms with Crippen LogP contribution in [0.2, 0.25) is 0 Å². The van der Waals surface area contributed by atoms with Crippen LogP contribution in [0, 0.1) is 13.8 Å². The number of aryl methyl sites for hydroxylation is 2. The van der Waals surface area contributed by atoms with Crippen molar-refractivity contribution in [2.24, 2.45) is 0 Å². The first-order valence-corrected chi connectivity index (χ1v) is 6.40. The van der Waals surface area contributed by atoms with Crippen LogP contribution < -0.4 is 5.32 Å². The molecule has 0 fully saturated rings. The van der Waals surface area contributed by atoms with Gasteiger partial charge >= 0.3 is 0 Å². The highest BCUT2D eigenvalue weighted by Crippen LogP contribution is 2.25. The molecule has 0 aromatic carbocycles. The molecule has 19 heavy (non-hydrogen) atoms. The summed E-state index contributed by atoms with van der Waals surface area (Å²) in [6, 6.07) is 8.31. The Hall–Kier alpha value is -2.23. The van der Waals surface area contributed by atoms with E-state index in [1.165, 1.54) is 5.56 Å². The highest BCUT2D eigenvalue weighted by atomic mass is 16.3. The van der Waals surface area contributed by atoms with Gasteiger partial charge in [-0.2, -0.15) is 0 Å². The third kappa shape index (κ3) is 2.10. The summed E-state index contributed by atoms with van der Waals surface area (Å²) in [5, 5.41) is 3.50. The average molecular weight is 255 g/mol. The second-order valence-electron chi connectivity index (χ2n) is 4.80. The van der Waals surface area contributed by atoms with Crippen LogP contribution in [-0.2, 0) is 0 Å². The maximum atomic E-state index is 5.59. The number of hydrogen-bond donors (Lipinski definition) is 1. The third-order valence-corrected chi connectivity index (χ3v) is 3.34. The molecule has 3 aromatic heterocycles. The highest BCUT2D eigenvalue weighted by Gasteiger charge is 2.13. The molecule has 3 aromatic rings. The van der Waals surface area contributed by atoms with E-state index in [-0.39, 0.29) is 6.04 Å². The lowest BCUT2D eigenvalue weighted by Crippen LogP contribution is -2.09. The largest absolute Gasteiger partial charge is 0.466 e. The summed E-state index contributed by atoms with van der Waals surface area (Å²) in [5.74, 6) is 2.94. The number of imidazole rings is 1. The van der Waals surface area contributed by atoms with Crippen molar-refractivity contribution >= 4 is 11.5 Å². The van der Waals surface area contributed by atoms with Crippen molar-refractivity contribution in [2.45, 2.75) is 26.8 Å². The van der Waals surface area contributed by atoms with Gasteiger partial charge in [0.1, 0.15) is 23.0 Å². The van der Waals surface area contributed by atoms with E-state index in [2.05, 4.69) is 23.3 Å². The van der Waals surface area contributed by atoms with Gasteiger partial charge in [-0.05, 0) is 39.0 Å². The Morgan fingerprint density at radius 2 is 2.16 bits per heavy atom. The average Bonchev–Trinajstić information content (AvgIpc) is 2.96. The molecule has 1 atom stereocenters. The van der Waals surface area contributed by atoms with Crippen molar-refractivity contribution in [3.63, 3.8) is 0 Å². The summed E-state index contributed by atoms with van der Waals surface area (Å²) >= 11 is 0. The molecular weight excluding hydrogens is 238 g/mol. The van der Waals surface area contributed by atoms with Crippen molar-refractivity contribution in [1.29, 1.82) is 0 Å². The van der Waals surface area contributed by atoms with Gasteiger partial charge in [0.2, 0.25) is 0 Å². The third-order valence-electron chi connectivity index (χ3n) is 3.34. The molecule has 0 aliphatic carbocycles. The van der Waals surface area contributed by atoms with Crippen molar-refractivity contribution in [2.75, 3.05) is 5.32 Å². The van der Waals surface area contributed by atoms with Gasteiger partial charge in [0, 0.05) is 18.0 Å². The summed E-state index contributed by atoms with van der Waals surface area (Å²) in [5.41, 5.74) is 2.13. The fourth-order valence-corrected chi connectivity index (χ4v) is 2.45. The molecule has 1 N–H and O–H groups in total. The quantitative estimate of drug-likeness (QED) is 0.775. The van der Waals surface area contributed by atoms with E-state index in [4.69, 9.17) is 4.42 Å². The standard InChI is InChI=1S/C15H17N3O/c1-10-9-13(12(3)19-10)11(2)17-15-6-4-5-14-16-7-8-18(14)15/h4-9,11,17H,1-3H3. The summed E-state index contributed by atoms with van der Waals surface area (Å²) in [6.07, 6.45) is 3.76. The van der Waals surface area contributed by atoms with E-state index < -0.39 is 0 Å². The zero-order valence-corrected chi connectivity index (χ0v) is 11.3. The van der Waals surface area contributed by atoms with Gasteiger partial charge in [0.05, 0.1) is 6.04 Å². The molecule has 0 aliphatic heterocycles. The van der Waals surface area contributed by atoms with Crippen LogP contribution in [0.1, 0.15) is 30.0 Å². The molecule has 4 nitrogen and oxygen atoms in total. The van der Waals surface area contributed by atoms with Gasteiger partial charge in [-0.1, -0.05) is 6.07 Å². The van der Waals surface area contributed by atoms with E-state index in [9.17, 15) is 0 Å². The van der Waals surface area contributed by atoms with Crippen molar-refractivity contribution < 1.29 is 4.42 Å². The SMILES string of the molecule is Cc1cc(C(C)Nc2cccc3nccn23)c(C)o1.